The van der Waals surface area contributed by atoms with E-state index in [1.165, 1.54) is 18.3 Å². The number of hydrogen-bond donors (Lipinski definition) is 1. The first kappa shape index (κ1) is 9.58. The second kappa shape index (κ2) is 3.65. The third-order valence-electron chi connectivity index (χ3n) is 2.13. The molecule has 0 spiro atoms. The molecule has 0 aliphatic carbocycles. The van der Waals surface area contributed by atoms with Crippen LogP contribution in [0.3, 0.4) is 0 Å². The van der Waals surface area contributed by atoms with E-state index < -0.39 is 5.97 Å². The molecule has 0 saturated carbocycles. The molecule has 0 fully saturated rings. The first-order valence-electron chi connectivity index (χ1n) is 4.42. The fourth-order valence-electron chi connectivity index (χ4n) is 1.48. The summed E-state index contributed by atoms with van der Waals surface area (Å²) in [7, 11) is 0. The van der Waals surface area contributed by atoms with Gasteiger partial charge in [-0.05, 0) is 23.6 Å². The summed E-state index contributed by atoms with van der Waals surface area (Å²) in [5.41, 5.74) is 0.388. The average molecular weight is 205 g/mol. The fourth-order valence-corrected chi connectivity index (χ4v) is 1.48. The number of fused-ring (bicyclic) bond motifs is 1. The van der Waals surface area contributed by atoms with Crippen LogP contribution in [-0.2, 0) is 11.2 Å². The highest BCUT2D eigenvalue weighted by Crippen LogP contribution is 2.18. The van der Waals surface area contributed by atoms with Crippen molar-refractivity contribution in [2.75, 3.05) is 0 Å². The maximum absolute atomic E-state index is 13.0. The Bertz CT molecular complexity index is 525. The Morgan fingerprint density at radius 3 is 2.93 bits per heavy atom. The number of carboxylic acid groups (broad SMARTS) is 1. The van der Waals surface area contributed by atoms with Crippen LogP contribution >= 0.6 is 0 Å². The SMILES string of the molecule is O=C(O)Cc1nccc2ccc(F)cc12. The zero-order chi connectivity index (χ0) is 10.8. The lowest BCUT2D eigenvalue weighted by atomic mass is 10.1. The van der Waals surface area contributed by atoms with Crippen LogP contribution in [0.2, 0.25) is 0 Å². The largest absolute Gasteiger partial charge is 0.481 e. The molecule has 76 valence electrons. The number of aromatic nitrogens is 1. The van der Waals surface area contributed by atoms with Crippen molar-refractivity contribution in [3.8, 4) is 0 Å². The van der Waals surface area contributed by atoms with Crippen LogP contribution in [0.4, 0.5) is 4.39 Å². The second-order valence-corrected chi connectivity index (χ2v) is 3.19. The Kier molecular flexibility index (Phi) is 2.33. The Labute approximate surface area is 85.2 Å². The van der Waals surface area contributed by atoms with Gasteiger partial charge in [0.25, 0.3) is 0 Å². The van der Waals surface area contributed by atoms with E-state index >= 15 is 0 Å². The minimum Gasteiger partial charge on any atom is -0.481 e. The molecular formula is C11H8FNO2. The summed E-state index contributed by atoms with van der Waals surface area (Å²) in [5.74, 6) is -1.36. The summed E-state index contributed by atoms with van der Waals surface area (Å²) in [6.07, 6.45) is 1.33. The van der Waals surface area contributed by atoms with Crippen molar-refractivity contribution < 1.29 is 14.3 Å². The van der Waals surface area contributed by atoms with Gasteiger partial charge in [-0.2, -0.15) is 0 Å². The summed E-state index contributed by atoms with van der Waals surface area (Å²) in [4.78, 5) is 14.5. The Hall–Kier alpha value is -1.97. The minimum atomic E-state index is -0.973. The molecule has 1 aromatic heterocycles. The lowest BCUT2D eigenvalue weighted by Gasteiger charge is -2.02. The predicted molar refractivity (Wildman–Crippen MR) is 53.0 cm³/mol. The van der Waals surface area contributed by atoms with E-state index in [9.17, 15) is 9.18 Å². The lowest BCUT2D eigenvalue weighted by Crippen LogP contribution is -2.02. The molecule has 0 bridgehead atoms. The number of carbonyl (C=O) groups is 1. The molecule has 1 heterocycles. The Morgan fingerprint density at radius 1 is 1.40 bits per heavy atom. The number of halogens is 1. The van der Waals surface area contributed by atoms with Crippen LogP contribution in [0.25, 0.3) is 10.8 Å². The highest BCUT2D eigenvalue weighted by atomic mass is 19.1. The van der Waals surface area contributed by atoms with Crippen LogP contribution in [0, 0.1) is 5.82 Å². The third-order valence-corrected chi connectivity index (χ3v) is 2.13. The van der Waals surface area contributed by atoms with Crippen molar-refractivity contribution in [3.05, 3.63) is 42.0 Å². The maximum Gasteiger partial charge on any atom is 0.309 e. The summed E-state index contributed by atoms with van der Waals surface area (Å²) >= 11 is 0. The monoisotopic (exact) mass is 205 g/mol. The first-order chi connectivity index (χ1) is 7.16. The molecule has 3 nitrogen and oxygen atoms in total. The molecule has 15 heavy (non-hydrogen) atoms. The van der Waals surface area contributed by atoms with Gasteiger partial charge in [-0.25, -0.2) is 4.39 Å². The van der Waals surface area contributed by atoms with Gasteiger partial charge in [-0.3, -0.25) is 9.78 Å². The van der Waals surface area contributed by atoms with Crippen molar-refractivity contribution in [2.24, 2.45) is 0 Å². The van der Waals surface area contributed by atoms with Crippen molar-refractivity contribution in [1.82, 2.24) is 4.98 Å². The topological polar surface area (TPSA) is 50.2 Å². The van der Waals surface area contributed by atoms with Gasteiger partial charge < -0.3 is 5.11 Å². The number of hydrogen-bond acceptors (Lipinski definition) is 2. The molecule has 0 aliphatic rings. The molecule has 4 heteroatoms. The Morgan fingerprint density at radius 2 is 2.20 bits per heavy atom. The first-order valence-corrected chi connectivity index (χ1v) is 4.42. The van der Waals surface area contributed by atoms with Gasteiger partial charge in [0, 0.05) is 11.6 Å². The predicted octanol–water partition coefficient (Wildman–Crippen LogP) is 2.00. The van der Waals surface area contributed by atoms with Crippen LogP contribution < -0.4 is 0 Å². The molecule has 2 rings (SSSR count). The van der Waals surface area contributed by atoms with Gasteiger partial charge in [0.2, 0.25) is 0 Å². The molecule has 0 atom stereocenters. The van der Waals surface area contributed by atoms with E-state index in [0.717, 1.165) is 5.39 Å². The normalized spacial score (nSPS) is 10.5. The number of benzene rings is 1. The molecular weight excluding hydrogens is 197 g/mol. The van der Waals surface area contributed by atoms with Crippen molar-refractivity contribution in [2.45, 2.75) is 6.42 Å². The van der Waals surface area contributed by atoms with E-state index in [4.69, 9.17) is 5.11 Å². The molecule has 0 saturated heterocycles. The van der Waals surface area contributed by atoms with Crippen molar-refractivity contribution >= 4 is 16.7 Å². The van der Waals surface area contributed by atoms with Gasteiger partial charge in [0.15, 0.2) is 0 Å². The standard InChI is InChI=1S/C11H8FNO2/c12-8-2-1-7-3-4-13-10(6-11(14)15)9(7)5-8/h1-5H,6H2,(H,14,15). The molecule has 2 aromatic rings. The maximum atomic E-state index is 13.0. The smallest absolute Gasteiger partial charge is 0.309 e. The van der Waals surface area contributed by atoms with Gasteiger partial charge in [-0.1, -0.05) is 6.07 Å². The van der Waals surface area contributed by atoms with Crippen LogP contribution in [0.1, 0.15) is 5.69 Å². The lowest BCUT2D eigenvalue weighted by molar-refractivity contribution is -0.136. The highest BCUT2D eigenvalue weighted by molar-refractivity contribution is 5.87. The summed E-state index contributed by atoms with van der Waals surface area (Å²) in [5, 5.41) is 10.0. The third kappa shape index (κ3) is 1.93. The number of carboxylic acids is 1. The quantitative estimate of drug-likeness (QED) is 0.815. The molecule has 0 unspecified atom stereocenters. The van der Waals surface area contributed by atoms with Crippen LogP contribution in [-0.4, -0.2) is 16.1 Å². The van der Waals surface area contributed by atoms with Gasteiger partial charge in [0.1, 0.15) is 5.82 Å². The van der Waals surface area contributed by atoms with E-state index in [1.807, 2.05) is 0 Å². The molecule has 0 amide bonds. The van der Waals surface area contributed by atoms with Crippen molar-refractivity contribution in [3.63, 3.8) is 0 Å². The fraction of sp³-hybridized carbons (Fsp3) is 0.0909. The summed E-state index contributed by atoms with van der Waals surface area (Å²) in [6, 6.07) is 5.98. The van der Waals surface area contributed by atoms with Gasteiger partial charge in [0.05, 0.1) is 12.1 Å². The van der Waals surface area contributed by atoms with Crippen LogP contribution in [0.15, 0.2) is 30.5 Å². The molecule has 1 N–H and O–H groups in total. The van der Waals surface area contributed by atoms with E-state index in [0.29, 0.717) is 11.1 Å². The molecule has 0 radical (unpaired) electrons. The summed E-state index contributed by atoms with van der Waals surface area (Å²) in [6.45, 7) is 0. The van der Waals surface area contributed by atoms with E-state index in [-0.39, 0.29) is 12.2 Å². The number of pyridine rings is 1. The molecule has 0 aliphatic heterocycles. The van der Waals surface area contributed by atoms with Crippen LogP contribution in [0.5, 0.6) is 0 Å². The van der Waals surface area contributed by atoms with E-state index in [1.54, 1.807) is 12.1 Å². The molecule has 1 aromatic carbocycles. The van der Waals surface area contributed by atoms with Gasteiger partial charge >= 0.3 is 5.97 Å². The second-order valence-electron chi connectivity index (χ2n) is 3.19. The average Bonchev–Trinajstić information content (AvgIpc) is 2.18. The Balaban J connectivity index is 2.63. The summed E-state index contributed by atoms with van der Waals surface area (Å²) < 4.78 is 13.0. The number of aliphatic carboxylic acids is 1. The minimum absolute atomic E-state index is 0.194. The van der Waals surface area contributed by atoms with Crippen molar-refractivity contribution in [1.29, 1.82) is 0 Å². The number of rotatable bonds is 2. The number of nitrogens with zero attached hydrogens (tertiary/aromatic N) is 1. The van der Waals surface area contributed by atoms with E-state index in [2.05, 4.69) is 4.98 Å². The van der Waals surface area contributed by atoms with Gasteiger partial charge in [-0.15, -0.1) is 0 Å². The zero-order valence-electron chi connectivity index (χ0n) is 7.77. The highest BCUT2D eigenvalue weighted by Gasteiger charge is 2.07. The zero-order valence-corrected chi connectivity index (χ0v) is 7.77.